The molecule has 0 bridgehead atoms. The molecule has 1 aromatic heterocycles. The fourth-order valence-corrected chi connectivity index (χ4v) is 3.29. The van der Waals surface area contributed by atoms with Crippen LogP contribution < -0.4 is 0 Å². The fraction of sp³-hybridized carbons (Fsp3) is 0.158. The largest absolute Gasteiger partial charge is 0.480 e. The number of carbonyl (C=O) groups is 4. The molecule has 1 aromatic carbocycles. The number of rotatable bonds is 6. The zero-order valence-electron chi connectivity index (χ0n) is 14.7. The average Bonchev–Trinajstić information content (AvgIpc) is 3.22. The van der Waals surface area contributed by atoms with Crippen molar-refractivity contribution >= 4 is 40.9 Å². The number of nitrogens with zero attached hydrogens (tertiary/aromatic N) is 1. The second-order valence-corrected chi connectivity index (χ2v) is 6.65. The Kier molecular flexibility index (Phi) is 5.65. The number of hydrogen-bond donors (Lipinski definition) is 1. The van der Waals surface area contributed by atoms with Crippen LogP contribution in [0, 0.1) is 0 Å². The number of hydrogen-bond acceptors (Lipinski definition) is 7. The number of benzene rings is 1. The molecule has 1 N–H and O–H groups in total. The van der Waals surface area contributed by atoms with E-state index in [9.17, 15) is 19.2 Å². The van der Waals surface area contributed by atoms with Crippen LogP contribution in [0.3, 0.4) is 0 Å². The van der Waals surface area contributed by atoms with Gasteiger partial charge in [0.25, 0.3) is 11.1 Å². The standard InChI is InChI=1S/C19H15NO7S/c1-2-26-18(24)12-5-3-11(4-6-12)14-8-7-13(27-14)9-15-17(23)20(10-16(21)22)19(25)28-15/h3-9H,2,10H2,1H3,(H,21,22)/b15-9+. The number of furan rings is 1. The van der Waals surface area contributed by atoms with Crippen molar-refractivity contribution in [2.75, 3.05) is 13.2 Å². The van der Waals surface area contributed by atoms with E-state index < -0.39 is 29.6 Å². The van der Waals surface area contributed by atoms with Crippen LogP contribution in [-0.4, -0.2) is 46.2 Å². The molecule has 0 aliphatic carbocycles. The van der Waals surface area contributed by atoms with E-state index >= 15 is 0 Å². The normalized spacial score (nSPS) is 15.3. The summed E-state index contributed by atoms with van der Waals surface area (Å²) in [7, 11) is 0. The lowest BCUT2D eigenvalue weighted by Crippen LogP contribution is -2.33. The highest BCUT2D eigenvalue weighted by molar-refractivity contribution is 8.18. The number of thioether (sulfide) groups is 1. The molecule has 2 amide bonds. The van der Waals surface area contributed by atoms with E-state index in [1.807, 2.05) is 0 Å². The number of ether oxygens (including phenoxy) is 1. The number of carboxylic acids is 1. The van der Waals surface area contributed by atoms with Crippen LogP contribution >= 0.6 is 11.8 Å². The number of carboxylic acid groups (broad SMARTS) is 1. The Hall–Kier alpha value is -3.33. The minimum atomic E-state index is -1.27. The van der Waals surface area contributed by atoms with E-state index in [1.54, 1.807) is 43.3 Å². The quantitative estimate of drug-likeness (QED) is 0.580. The Balaban J connectivity index is 1.76. The number of amides is 2. The zero-order chi connectivity index (χ0) is 20.3. The smallest absolute Gasteiger partial charge is 0.338 e. The molecule has 2 aromatic rings. The van der Waals surface area contributed by atoms with Gasteiger partial charge in [-0.15, -0.1) is 0 Å². The van der Waals surface area contributed by atoms with Crippen LogP contribution in [0.2, 0.25) is 0 Å². The summed E-state index contributed by atoms with van der Waals surface area (Å²) >= 11 is 0.657. The van der Waals surface area contributed by atoms with Gasteiger partial charge in [-0.1, -0.05) is 12.1 Å². The number of imide groups is 1. The van der Waals surface area contributed by atoms with Crippen LogP contribution in [-0.2, 0) is 14.3 Å². The molecule has 0 unspecified atom stereocenters. The molecule has 0 radical (unpaired) electrons. The van der Waals surface area contributed by atoms with Crippen LogP contribution in [0.1, 0.15) is 23.0 Å². The first kappa shape index (κ1) is 19.4. The Labute approximate surface area is 163 Å². The van der Waals surface area contributed by atoms with E-state index in [4.69, 9.17) is 14.3 Å². The molecule has 144 valence electrons. The lowest BCUT2D eigenvalue weighted by atomic mass is 10.1. The summed E-state index contributed by atoms with van der Waals surface area (Å²) in [6.45, 7) is 1.34. The molecular weight excluding hydrogens is 386 g/mol. The number of esters is 1. The first-order valence-corrected chi connectivity index (χ1v) is 9.05. The third kappa shape index (κ3) is 4.15. The summed E-state index contributed by atoms with van der Waals surface area (Å²) in [5.74, 6) is -1.51. The molecule has 1 aliphatic rings. The highest BCUT2D eigenvalue weighted by atomic mass is 32.2. The van der Waals surface area contributed by atoms with Gasteiger partial charge >= 0.3 is 11.9 Å². The van der Waals surface area contributed by atoms with Crippen molar-refractivity contribution in [3.63, 3.8) is 0 Å². The van der Waals surface area contributed by atoms with Gasteiger partial charge in [-0.3, -0.25) is 19.3 Å². The second-order valence-electron chi connectivity index (χ2n) is 5.66. The molecule has 1 fully saturated rings. The van der Waals surface area contributed by atoms with E-state index in [1.165, 1.54) is 6.08 Å². The summed E-state index contributed by atoms with van der Waals surface area (Å²) in [6.07, 6.45) is 1.39. The summed E-state index contributed by atoms with van der Waals surface area (Å²) < 4.78 is 10.6. The Morgan fingerprint density at radius 3 is 2.54 bits per heavy atom. The topological polar surface area (TPSA) is 114 Å². The molecule has 0 saturated carbocycles. The SMILES string of the molecule is CCOC(=O)c1ccc(-c2ccc(/C=C3/SC(=O)N(CC(=O)O)C3=O)o2)cc1. The maximum absolute atomic E-state index is 12.2. The van der Waals surface area contributed by atoms with Crippen molar-refractivity contribution in [2.45, 2.75) is 6.92 Å². The Morgan fingerprint density at radius 1 is 1.18 bits per heavy atom. The first-order chi connectivity index (χ1) is 13.4. The lowest BCUT2D eigenvalue weighted by Gasteiger charge is -2.07. The van der Waals surface area contributed by atoms with Crippen LogP contribution in [0.5, 0.6) is 0 Å². The summed E-state index contributed by atoms with van der Waals surface area (Å²) in [4.78, 5) is 47.1. The minimum absolute atomic E-state index is 0.0878. The summed E-state index contributed by atoms with van der Waals surface area (Å²) in [5, 5.41) is 8.14. The maximum atomic E-state index is 12.2. The molecule has 3 rings (SSSR count). The van der Waals surface area contributed by atoms with E-state index in [0.717, 1.165) is 0 Å². The van der Waals surface area contributed by atoms with Crippen molar-refractivity contribution in [3.05, 3.63) is 52.6 Å². The molecule has 0 spiro atoms. The lowest BCUT2D eigenvalue weighted by molar-refractivity contribution is -0.140. The van der Waals surface area contributed by atoms with Crippen molar-refractivity contribution in [1.82, 2.24) is 4.90 Å². The van der Waals surface area contributed by atoms with Gasteiger partial charge in [0, 0.05) is 11.6 Å². The van der Waals surface area contributed by atoms with Gasteiger partial charge in [-0.25, -0.2) is 4.79 Å². The highest BCUT2D eigenvalue weighted by Gasteiger charge is 2.36. The average molecular weight is 401 g/mol. The van der Waals surface area contributed by atoms with E-state index in [0.29, 0.717) is 45.9 Å². The van der Waals surface area contributed by atoms with Gasteiger partial charge in [0.15, 0.2) is 0 Å². The van der Waals surface area contributed by atoms with Crippen molar-refractivity contribution < 1.29 is 33.4 Å². The number of aliphatic carboxylic acids is 1. The molecule has 28 heavy (non-hydrogen) atoms. The molecule has 0 atom stereocenters. The third-order valence-corrected chi connectivity index (χ3v) is 4.66. The number of carbonyl (C=O) groups excluding carboxylic acids is 3. The van der Waals surface area contributed by atoms with Crippen molar-refractivity contribution in [1.29, 1.82) is 0 Å². The fourth-order valence-electron chi connectivity index (χ4n) is 2.47. The van der Waals surface area contributed by atoms with Crippen LogP contribution in [0.25, 0.3) is 17.4 Å². The highest BCUT2D eigenvalue weighted by Crippen LogP contribution is 2.33. The van der Waals surface area contributed by atoms with Gasteiger partial charge in [0.05, 0.1) is 17.1 Å². The molecule has 2 heterocycles. The minimum Gasteiger partial charge on any atom is -0.480 e. The van der Waals surface area contributed by atoms with Gasteiger partial charge in [-0.2, -0.15) is 0 Å². The molecule has 1 aliphatic heterocycles. The van der Waals surface area contributed by atoms with Crippen molar-refractivity contribution in [2.24, 2.45) is 0 Å². The second kappa shape index (κ2) is 8.13. The first-order valence-electron chi connectivity index (χ1n) is 8.23. The monoisotopic (exact) mass is 401 g/mol. The maximum Gasteiger partial charge on any atom is 0.338 e. The molecule has 9 heteroatoms. The van der Waals surface area contributed by atoms with E-state index in [2.05, 4.69) is 0 Å². The van der Waals surface area contributed by atoms with Gasteiger partial charge in [0.2, 0.25) is 0 Å². The van der Waals surface area contributed by atoms with Crippen LogP contribution in [0.4, 0.5) is 4.79 Å². The molecule has 1 saturated heterocycles. The van der Waals surface area contributed by atoms with Gasteiger partial charge in [-0.05, 0) is 43.0 Å². The molecule has 8 nitrogen and oxygen atoms in total. The summed E-state index contributed by atoms with van der Waals surface area (Å²) in [6, 6.07) is 9.96. The van der Waals surface area contributed by atoms with Crippen molar-refractivity contribution in [3.8, 4) is 11.3 Å². The summed E-state index contributed by atoms with van der Waals surface area (Å²) in [5.41, 5.74) is 1.14. The Morgan fingerprint density at radius 2 is 1.89 bits per heavy atom. The predicted molar refractivity (Wildman–Crippen MR) is 100 cm³/mol. The molecular formula is C19H15NO7S. The zero-order valence-corrected chi connectivity index (χ0v) is 15.5. The van der Waals surface area contributed by atoms with Crippen LogP contribution in [0.15, 0.2) is 45.7 Å². The predicted octanol–water partition coefficient (Wildman–Crippen LogP) is 3.24. The third-order valence-electron chi connectivity index (χ3n) is 3.75. The van der Waals surface area contributed by atoms with Gasteiger partial charge in [0.1, 0.15) is 18.1 Å². The van der Waals surface area contributed by atoms with Gasteiger partial charge < -0.3 is 14.3 Å². The van der Waals surface area contributed by atoms with E-state index in [-0.39, 0.29) is 4.91 Å². The Bertz CT molecular complexity index is 974.